The lowest BCUT2D eigenvalue weighted by Crippen LogP contribution is -2.44. The molecule has 0 saturated carbocycles. The molecular formula is C23H29NO3. The van der Waals surface area contributed by atoms with Gasteiger partial charge in [-0.1, -0.05) is 62.7 Å². The van der Waals surface area contributed by atoms with Crippen LogP contribution >= 0.6 is 0 Å². The molecule has 1 unspecified atom stereocenters. The van der Waals surface area contributed by atoms with Gasteiger partial charge >= 0.3 is 0 Å². The molecule has 0 bridgehead atoms. The van der Waals surface area contributed by atoms with Crippen LogP contribution in [0.5, 0.6) is 5.75 Å². The van der Waals surface area contributed by atoms with Crippen LogP contribution in [0, 0.1) is 6.92 Å². The van der Waals surface area contributed by atoms with E-state index in [4.69, 9.17) is 9.47 Å². The van der Waals surface area contributed by atoms with Crippen molar-refractivity contribution < 1.29 is 14.3 Å². The highest BCUT2D eigenvalue weighted by atomic mass is 16.5. The number of carbonyl (C=O) groups is 1. The van der Waals surface area contributed by atoms with Crippen molar-refractivity contribution in [2.45, 2.75) is 39.2 Å². The quantitative estimate of drug-likeness (QED) is 0.810. The molecule has 1 aliphatic rings. The normalized spacial score (nSPS) is 17.6. The van der Waals surface area contributed by atoms with E-state index in [0.717, 1.165) is 11.3 Å². The van der Waals surface area contributed by atoms with Crippen LogP contribution in [0.2, 0.25) is 0 Å². The average Bonchev–Trinajstić information content (AvgIpc) is 2.66. The molecule has 1 fully saturated rings. The molecule has 0 aliphatic carbocycles. The second-order valence-corrected chi connectivity index (χ2v) is 8.17. The number of aryl methyl sites for hydroxylation is 1. The molecule has 1 aliphatic heterocycles. The minimum Gasteiger partial charge on any atom is -0.484 e. The Morgan fingerprint density at radius 3 is 2.41 bits per heavy atom. The molecule has 3 rings (SSSR count). The minimum atomic E-state index is -0.0747. The Balaban J connectivity index is 1.55. The van der Waals surface area contributed by atoms with Crippen molar-refractivity contribution in [1.29, 1.82) is 0 Å². The number of benzene rings is 2. The van der Waals surface area contributed by atoms with E-state index >= 15 is 0 Å². The number of morpholine rings is 1. The second kappa shape index (κ2) is 8.13. The average molecular weight is 367 g/mol. The van der Waals surface area contributed by atoms with Crippen LogP contribution in [0.3, 0.4) is 0 Å². The summed E-state index contributed by atoms with van der Waals surface area (Å²) < 4.78 is 11.6. The molecule has 0 aromatic heterocycles. The summed E-state index contributed by atoms with van der Waals surface area (Å²) >= 11 is 0. The van der Waals surface area contributed by atoms with E-state index in [0.29, 0.717) is 19.7 Å². The second-order valence-electron chi connectivity index (χ2n) is 8.17. The lowest BCUT2D eigenvalue weighted by atomic mass is 9.87. The van der Waals surface area contributed by atoms with Gasteiger partial charge in [0, 0.05) is 6.54 Å². The number of carbonyl (C=O) groups excluding carboxylic acids is 1. The monoisotopic (exact) mass is 367 g/mol. The highest BCUT2D eigenvalue weighted by molar-refractivity contribution is 5.78. The first-order valence-electron chi connectivity index (χ1n) is 9.52. The van der Waals surface area contributed by atoms with Gasteiger partial charge in [0.05, 0.1) is 13.2 Å². The third kappa shape index (κ3) is 5.10. The summed E-state index contributed by atoms with van der Waals surface area (Å²) in [6.45, 7) is 10.4. The van der Waals surface area contributed by atoms with Gasteiger partial charge in [0.15, 0.2) is 6.61 Å². The van der Waals surface area contributed by atoms with Gasteiger partial charge in [-0.15, -0.1) is 0 Å². The molecule has 2 aromatic carbocycles. The van der Waals surface area contributed by atoms with Crippen molar-refractivity contribution in [2.75, 3.05) is 26.3 Å². The topological polar surface area (TPSA) is 38.8 Å². The fourth-order valence-electron chi connectivity index (χ4n) is 3.15. The summed E-state index contributed by atoms with van der Waals surface area (Å²) in [7, 11) is 0. The van der Waals surface area contributed by atoms with Crippen molar-refractivity contribution in [2.24, 2.45) is 0 Å². The van der Waals surface area contributed by atoms with E-state index in [-0.39, 0.29) is 24.0 Å². The number of hydrogen-bond acceptors (Lipinski definition) is 3. The van der Waals surface area contributed by atoms with Crippen molar-refractivity contribution in [3.05, 3.63) is 65.2 Å². The van der Waals surface area contributed by atoms with Crippen LogP contribution in [0.1, 0.15) is 43.6 Å². The first-order valence-corrected chi connectivity index (χ1v) is 9.52. The highest BCUT2D eigenvalue weighted by Gasteiger charge is 2.25. The SMILES string of the molecule is Cc1ccc(C2CN(C(=O)COc3ccc(C(C)(C)C)cc3)CCO2)cc1. The molecule has 0 spiro atoms. The Morgan fingerprint density at radius 1 is 1.11 bits per heavy atom. The predicted molar refractivity (Wildman–Crippen MR) is 107 cm³/mol. The number of amides is 1. The van der Waals surface area contributed by atoms with Crippen molar-refractivity contribution in [1.82, 2.24) is 4.90 Å². The van der Waals surface area contributed by atoms with E-state index in [1.165, 1.54) is 11.1 Å². The summed E-state index contributed by atoms with van der Waals surface area (Å²) in [4.78, 5) is 14.4. The maximum absolute atomic E-state index is 12.6. The first-order chi connectivity index (χ1) is 12.8. The smallest absolute Gasteiger partial charge is 0.260 e. The summed E-state index contributed by atoms with van der Waals surface area (Å²) in [5, 5.41) is 0. The standard InChI is InChI=1S/C23H29NO3/c1-17-5-7-18(8-6-17)21-15-24(13-14-26-21)22(25)16-27-20-11-9-19(10-12-20)23(2,3)4/h5-12,21H,13-16H2,1-4H3. The molecule has 144 valence electrons. The summed E-state index contributed by atoms with van der Waals surface area (Å²) in [5.74, 6) is 0.718. The van der Waals surface area contributed by atoms with Gasteiger partial charge in [-0.25, -0.2) is 0 Å². The van der Waals surface area contributed by atoms with Gasteiger partial charge in [-0.2, -0.15) is 0 Å². The van der Waals surface area contributed by atoms with Crippen molar-refractivity contribution >= 4 is 5.91 Å². The Hall–Kier alpha value is -2.33. The lowest BCUT2D eigenvalue weighted by molar-refractivity contribution is -0.141. The zero-order valence-electron chi connectivity index (χ0n) is 16.7. The van der Waals surface area contributed by atoms with Gasteiger partial charge in [0.2, 0.25) is 0 Å². The van der Waals surface area contributed by atoms with Gasteiger partial charge in [-0.3, -0.25) is 4.79 Å². The zero-order valence-corrected chi connectivity index (χ0v) is 16.7. The van der Waals surface area contributed by atoms with Crippen LogP contribution in [-0.4, -0.2) is 37.1 Å². The molecule has 1 heterocycles. The third-order valence-corrected chi connectivity index (χ3v) is 4.95. The zero-order chi connectivity index (χ0) is 19.4. The number of hydrogen-bond donors (Lipinski definition) is 0. The summed E-state index contributed by atoms with van der Waals surface area (Å²) in [6.07, 6.45) is -0.0747. The Bertz CT molecular complexity index is 760. The maximum Gasteiger partial charge on any atom is 0.260 e. The summed E-state index contributed by atoms with van der Waals surface area (Å²) in [6, 6.07) is 16.3. The molecule has 0 N–H and O–H groups in total. The molecule has 4 heteroatoms. The first kappa shape index (κ1) is 19.4. The number of nitrogens with zero attached hydrogens (tertiary/aromatic N) is 1. The predicted octanol–water partition coefficient (Wildman–Crippen LogP) is 4.27. The van der Waals surface area contributed by atoms with Crippen LogP contribution < -0.4 is 4.74 Å². The van der Waals surface area contributed by atoms with Crippen LogP contribution in [0.15, 0.2) is 48.5 Å². The van der Waals surface area contributed by atoms with Gasteiger partial charge < -0.3 is 14.4 Å². The van der Waals surface area contributed by atoms with Gasteiger partial charge in [-0.05, 0) is 35.6 Å². The number of ether oxygens (including phenoxy) is 2. The Morgan fingerprint density at radius 2 is 1.78 bits per heavy atom. The maximum atomic E-state index is 12.6. The van der Waals surface area contributed by atoms with Crippen molar-refractivity contribution in [3.8, 4) is 5.75 Å². The number of rotatable bonds is 4. The molecule has 2 aromatic rings. The molecule has 1 saturated heterocycles. The minimum absolute atomic E-state index is 0.00434. The Labute approximate surface area is 162 Å². The van der Waals surface area contributed by atoms with Gasteiger partial charge in [0.25, 0.3) is 5.91 Å². The van der Waals surface area contributed by atoms with E-state index in [1.807, 2.05) is 17.0 Å². The lowest BCUT2D eigenvalue weighted by Gasteiger charge is -2.33. The molecule has 4 nitrogen and oxygen atoms in total. The molecular weight excluding hydrogens is 338 g/mol. The Kier molecular flexibility index (Phi) is 5.85. The highest BCUT2D eigenvalue weighted by Crippen LogP contribution is 2.25. The summed E-state index contributed by atoms with van der Waals surface area (Å²) in [5.41, 5.74) is 3.67. The fourth-order valence-corrected chi connectivity index (χ4v) is 3.15. The van der Waals surface area contributed by atoms with Crippen LogP contribution in [0.25, 0.3) is 0 Å². The van der Waals surface area contributed by atoms with Crippen molar-refractivity contribution in [3.63, 3.8) is 0 Å². The molecule has 0 radical (unpaired) electrons. The largest absolute Gasteiger partial charge is 0.484 e. The third-order valence-electron chi connectivity index (χ3n) is 4.95. The van der Waals surface area contributed by atoms with Crippen LogP contribution in [0.4, 0.5) is 0 Å². The van der Waals surface area contributed by atoms with Gasteiger partial charge in [0.1, 0.15) is 11.9 Å². The van der Waals surface area contributed by atoms with E-state index in [9.17, 15) is 4.79 Å². The molecule has 1 atom stereocenters. The van der Waals surface area contributed by atoms with E-state index in [1.54, 1.807) is 0 Å². The van der Waals surface area contributed by atoms with E-state index in [2.05, 4.69) is 64.1 Å². The van der Waals surface area contributed by atoms with E-state index < -0.39 is 0 Å². The molecule has 27 heavy (non-hydrogen) atoms. The fraction of sp³-hybridized carbons (Fsp3) is 0.435. The molecule has 1 amide bonds. The van der Waals surface area contributed by atoms with Crippen LogP contribution in [-0.2, 0) is 14.9 Å².